The second-order valence-corrected chi connectivity index (χ2v) is 10.2. The predicted molar refractivity (Wildman–Crippen MR) is 106 cm³/mol. The maximum atomic E-state index is 12.2. The number of guanidine groups is 1. The Kier molecular flexibility index (Phi) is 6.62. The Morgan fingerprint density at radius 1 is 1.32 bits per heavy atom. The van der Waals surface area contributed by atoms with Crippen LogP contribution in [-0.2, 0) is 16.3 Å². The molecule has 25 heavy (non-hydrogen) atoms. The molecule has 0 amide bonds. The minimum atomic E-state index is -3.08. The Labute approximate surface area is 160 Å². The van der Waals surface area contributed by atoms with E-state index in [0.29, 0.717) is 36.1 Å². The molecule has 1 aliphatic rings. The molecule has 0 unspecified atom stereocenters. The number of rotatable bonds is 4. The molecule has 1 N–H and O–H groups in total. The van der Waals surface area contributed by atoms with Crippen LogP contribution in [-0.4, -0.2) is 56.0 Å². The molecule has 8 heteroatoms. The Hall–Kier alpha value is -0.980. The molecule has 0 bridgehead atoms. The topological polar surface area (TPSA) is 61.8 Å². The van der Waals surface area contributed by atoms with Gasteiger partial charge in [-0.25, -0.2) is 8.42 Å². The summed E-state index contributed by atoms with van der Waals surface area (Å²) < 4.78 is 23.6. The van der Waals surface area contributed by atoms with Crippen LogP contribution in [0, 0.1) is 0 Å². The zero-order chi connectivity index (χ0) is 18.7. The van der Waals surface area contributed by atoms with Crippen LogP contribution in [0.2, 0.25) is 10.0 Å². The zero-order valence-corrected chi connectivity index (χ0v) is 17.2. The van der Waals surface area contributed by atoms with Gasteiger partial charge >= 0.3 is 0 Å². The summed E-state index contributed by atoms with van der Waals surface area (Å²) in [5.74, 6) is 0.870. The number of hydrogen-bond donors (Lipinski definition) is 1. The van der Waals surface area contributed by atoms with Crippen molar-refractivity contribution >= 4 is 39.0 Å². The molecule has 0 aliphatic carbocycles. The van der Waals surface area contributed by atoms with Crippen molar-refractivity contribution < 1.29 is 8.42 Å². The lowest BCUT2D eigenvalue weighted by Crippen LogP contribution is -2.57. The van der Waals surface area contributed by atoms with Crippen molar-refractivity contribution in [1.82, 2.24) is 10.2 Å². The van der Waals surface area contributed by atoms with Gasteiger partial charge in [0.15, 0.2) is 15.8 Å². The van der Waals surface area contributed by atoms with E-state index in [9.17, 15) is 8.42 Å². The van der Waals surface area contributed by atoms with E-state index in [-0.39, 0.29) is 5.75 Å². The van der Waals surface area contributed by atoms with Crippen molar-refractivity contribution in [3.05, 3.63) is 33.8 Å². The van der Waals surface area contributed by atoms with Crippen LogP contribution in [0.3, 0.4) is 0 Å². The lowest BCUT2D eigenvalue weighted by atomic mass is 10.1. The van der Waals surface area contributed by atoms with Crippen molar-refractivity contribution in [3.8, 4) is 0 Å². The first-order valence-corrected chi connectivity index (χ1v) is 10.8. The molecule has 1 saturated heterocycles. The molecule has 1 heterocycles. The van der Waals surface area contributed by atoms with E-state index in [0.717, 1.165) is 18.1 Å². The van der Waals surface area contributed by atoms with Gasteiger partial charge in [0.05, 0.1) is 10.5 Å². The molecule has 5 nitrogen and oxygen atoms in total. The first-order chi connectivity index (χ1) is 11.7. The van der Waals surface area contributed by atoms with E-state index < -0.39 is 14.6 Å². The average Bonchev–Trinajstić information content (AvgIpc) is 2.52. The van der Waals surface area contributed by atoms with Crippen LogP contribution in [0.15, 0.2) is 23.2 Å². The predicted octanol–water partition coefficient (Wildman–Crippen LogP) is 3.01. The molecule has 0 saturated carbocycles. The summed E-state index contributed by atoms with van der Waals surface area (Å²) in [5.41, 5.74) is 0.881. The highest BCUT2D eigenvalue weighted by atomic mass is 35.5. The minimum Gasteiger partial charge on any atom is -0.357 e. The Morgan fingerprint density at radius 2 is 1.96 bits per heavy atom. The maximum Gasteiger partial charge on any atom is 0.194 e. The fourth-order valence-electron chi connectivity index (χ4n) is 2.80. The summed E-state index contributed by atoms with van der Waals surface area (Å²) >= 11 is 12.4. The Bertz CT molecular complexity index is 728. The van der Waals surface area contributed by atoms with Crippen LogP contribution in [0.1, 0.15) is 26.3 Å². The van der Waals surface area contributed by atoms with Crippen LogP contribution in [0.4, 0.5) is 0 Å². The van der Waals surface area contributed by atoms with Gasteiger partial charge in [-0.3, -0.25) is 4.99 Å². The normalized spacial score (nSPS) is 19.7. The third kappa shape index (κ3) is 4.80. The summed E-state index contributed by atoms with van der Waals surface area (Å²) in [6, 6.07) is 5.45. The smallest absolute Gasteiger partial charge is 0.194 e. The van der Waals surface area contributed by atoms with Crippen molar-refractivity contribution in [3.63, 3.8) is 0 Å². The molecule has 0 spiro atoms. The lowest BCUT2D eigenvalue weighted by molar-refractivity contribution is 0.353. The van der Waals surface area contributed by atoms with Gasteiger partial charge in [-0.1, -0.05) is 29.3 Å². The van der Waals surface area contributed by atoms with Crippen molar-refractivity contribution in [2.45, 2.75) is 31.9 Å². The molecule has 140 valence electrons. The number of halogens is 2. The standard InChI is InChI=1S/C17H25Cl2N3O2S/c1-4-20-16(22-10-11-25(23,24)17(2,3)12-22)21-9-8-13-14(18)6-5-7-15(13)19/h5-7H,4,8-12H2,1-3H3,(H,20,21). The fraction of sp³-hybridized carbons (Fsp3) is 0.588. The summed E-state index contributed by atoms with van der Waals surface area (Å²) in [4.78, 5) is 6.66. The van der Waals surface area contributed by atoms with Crippen LogP contribution >= 0.6 is 23.2 Å². The highest BCUT2D eigenvalue weighted by Crippen LogP contribution is 2.25. The molecule has 1 aromatic rings. The summed E-state index contributed by atoms with van der Waals surface area (Å²) in [7, 11) is -3.08. The van der Waals surface area contributed by atoms with Gasteiger partial charge < -0.3 is 10.2 Å². The summed E-state index contributed by atoms with van der Waals surface area (Å²) in [5, 5.41) is 4.52. The zero-order valence-electron chi connectivity index (χ0n) is 14.8. The lowest BCUT2D eigenvalue weighted by Gasteiger charge is -2.39. The quantitative estimate of drug-likeness (QED) is 0.617. The van der Waals surface area contributed by atoms with E-state index in [2.05, 4.69) is 10.3 Å². The first kappa shape index (κ1) is 20.3. The van der Waals surface area contributed by atoms with Gasteiger partial charge in [0, 0.05) is 36.2 Å². The highest BCUT2D eigenvalue weighted by molar-refractivity contribution is 7.92. The molecular formula is C17H25Cl2N3O2S. The highest BCUT2D eigenvalue weighted by Gasteiger charge is 2.40. The van der Waals surface area contributed by atoms with Gasteiger partial charge in [-0.15, -0.1) is 0 Å². The second kappa shape index (κ2) is 8.14. The molecule has 1 aromatic carbocycles. The third-order valence-corrected chi connectivity index (χ3v) is 7.60. The number of nitrogens with zero attached hydrogens (tertiary/aromatic N) is 2. The van der Waals surface area contributed by atoms with E-state index in [1.54, 1.807) is 13.8 Å². The first-order valence-electron chi connectivity index (χ1n) is 8.36. The molecule has 1 aliphatic heterocycles. The van der Waals surface area contributed by atoms with Crippen molar-refractivity contribution in [2.24, 2.45) is 4.99 Å². The molecule has 0 atom stereocenters. The Morgan fingerprint density at radius 3 is 2.52 bits per heavy atom. The van der Waals surface area contributed by atoms with Crippen molar-refractivity contribution in [1.29, 1.82) is 0 Å². The van der Waals surface area contributed by atoms with Gasteiger partial charge in [0.1, 0.15) is 0 Å². The van der Waals surface area contributed by atoms with E-state index >= 15 is 0 Å². The summed E-state index contributed by atoms with van der Waals surface area (Å²) in [6.45, 7) is 7.64. The molecule has 1 fully saturated rings. The van der Waals surface area contributed by atoms with Crippen LogP contribution < -0.4 is 5.32 Å². The van der Waals surface area contributed by atoms with Gasteiger partial charge in [-0.05, 0) is 44.9 Å². The number of benzene rings is 1. The van der Waals surface area contributed by atoms with Gasteiger partial charge in [-0.2, -0.15) is 0 Å². The molecule has 0 aromatic heterocycles. The van der Waals surface area contributed by atoms with E-state index in [1.807, 2.05) is 30.0 Å². The third-order valence-electron chi connectivity index (χ3n) is 4.36. The monoisotopic (exact) mass is 405 g/mol. The minimum absolute atomic E-state index is 0.140. The van der Waals surface area contributed by atoms with Crippen molar-refractivity contribution in [2.75, 3.05) is 31.9 Å². The van der Waals surface area contributed by atoms with Crippen LogP contribution in [0.5, 0.6) is 0 Å². The van der Waals surface area contributed by atoms with Crippen LogP contribution in [0.25, 0.3) is 0 Å². The number of nitrogens with one attached hydrogen (secondary N) is 1. The van der Waals surface area contributed by atoms with Gasteiger partial charge in [0.2, 0.25) is 0 Å². The average molecular weight is 406 g/mol. The van der Waals surface area contributed by atoms with E-state index in [1.165, 1.54) is 0 Å². The fourth-order valence-corrected chi connectivity index (χ4v) is 4.75. The summed E-state index contributed by atoms with van der Waals surface area (Å²) in [6.07, 6.45) is 0.628. The largest absolute Gasteiger partial charge is 0.357 e. The SMILES string of the molecule is CCNC(=NCCc1c(Cl)cccc1Cl)N1CCS(=O)(=O)C(C)(C)C1. The van der Waals surface area contributed by atoms with E-state index in [4.69, 9.17) is 23.2 Å². The molecule has 2 rings (SSSR count). The number of aliphatic imine (C=N–C) groups is 1. The molecule has 0 radical (unpaired) electrons. The number of sulfone groups is 1. The van der Waals surface area contributed by atoms with Gasteiger partial charge in [0.25, 0.3) is 0 Å². The second-order valence-electron chi connectivity index (χ2n) is 6.69. The molecular weight excluding hydrogens is 381 g/mol. The Balaban J connectivity index is 2.11. The maximum absolute atomic E-state index is 12.2. The number of hydrogen-bond acceptors (Lipinski definition) is 3.